The smallest absolute Gasteiger partial charge is 0.203 e. The van der Waals surface area contributed by atoms with Gasteiger partial charge in [0, 0.05) is 5.56 Å². The summed E-state index contributed by atoms with van der Waals surface area (Å²) in [7, 11) is 3.09. The second kappa shape index (κ2) is 9.21. The molecule has 0 N–H and O–H groups in total. The lowest BCUT2D eigenvalue weighted by Gasteiger charge is -2.13. The van der Waals surface area contributed by atoms with Crippen molar-refractivity contribution in [2.45, 2.75) is 6.42 Å². The van der Waals surface area contributed by atoms with Gasteiger partial charge in [-0.25, -0.2) is 0 Å². The van der Waals surface area contributed by atoms with Crippen LogP contribution in [0, 0.1) is 11.3 Å². The van der Waals surface area contributed by atoms with E-state index in [9.17, 15) is 10.1 Å². The highest BCUT2D eigenvalue weighted by Gasteiger charge is 2.19. The molecule has 2 aromatic rings. The normalized spacial score (nSPS) is 11.0. The van der Waals surface area contributed by atoms with Gasteiger partial charge in [-0.3, -0.25) is 4.79 Å². The van der Waals surface area contributed by atoms with E-state index >= 15 is 0 Å². The lowest BCUT2D eigenvalue weighted by molar-refractivity contribution is 0.103. The van der Waals surface area contributed by atoms with E-state index in [1.807, 2.05) is 0 Å². The Balaban J connectivity index is 2.59. The summed E-state index contributed by atoms with van der Waals surface area (Å²) in [6.45, 7) is 7.45. The molecule has 0 aliphatic heterocycles. The number of nitriles is 1. The van der Waals surface area contributed by atoms with Crippen LogP contribution in [0.2, 0.25) is 0 Å². The monoisotopic (exact) mass is 359 g/mol. The van der Waals surface area contributed by atoms with Gasteiger partial charge in [0.15, 0.2) is 11.5 Å². The van der Waals surface area contributed by atoms with Crippen molar-refractivity contribution >= 4 is 17.4 Å². The molecule has 4 nitrogen and oxygen atoms in total. The molecular formula is C23H21NO3. The molecule has 2 aromatic carbocycles. The zero-order chi connectivity index (χ0) is 19.8. The van der Waals surface area contributed by atoms with Gasteiger partial charge in [-0.1, -0.05) is 49.1 Å². The summed E-state index contributed by atoms with van der Waals surface area (Å²) in [4.78, 5) is 12.9. The minimum Gasteiger partial charge on any atom is -0.493 e. The standard InChI is InChI=1S/C23H21NO3/c1-5-7-19(18-12-13-21(26-3)22(14-18)27-4)20(15-24)23(25)17-10-8-16(6-2)9-11-17/h5-6,8-14H,1-2,7H2,3-4H3. The van der Waals surface area contributed by atoms with Gasteiger partial charge in [-0.15, -0.1) is 6.58 Å². The Kier molecular flexibility index (Phi) is 6.73. The molecule has 0 atom stereocenters. The molecule has 4 heteroatoms. The van der Waals surface area contributed by atoms with E-state index < -0.39 is 0 Å². The zero-order valence-electron chi connectivity index (χ0n) is 15.5. The van der Waals surface area contributed by atoms with Crippen LogP contribution in [0.1, 0.15) is 27.9 Å². The summed E-state index contributed by atoms with van der Waals surface area (Å²) in [5, 5.41) is 9.71. The van der Waals surface area contributed by atoms with Crippen molar-refractivity contribution in [2.75, 3.05) is 14.2 Å². The van der Waals surface area contributed by atoms with Crippen LogP contribution in [0.5, 0.6) is 11.5 Å². The second-order valence-electron chi connectivity index (χ2n) is 5.68. The van der Waals surface area contributed by atoms with Crippen LogP contribution in [0.15, 0.2) is 67.3 Å². The minimum atomic E-state index is -0.334. The maximum Gasteiger partial charge on any atom is 0.203 e. The van der Waals surface area contributed by atoms with E-state index in [0.717, 1.165) is 5.56 Å². The number of Topliss-reactive ketones (excluding diaryl/α,β-unsaturated/α-hetero) is 1. The first-order valence-electron chi connectivity index (χ1n) is 8.33. The molecule has 0 saturated heterocycles. The van der Waals surface area contributed by atoms with E-state index in [4.69, 9.17) is 9.47 Å². The Bertz CT molecular complexity index is 931. The van der Waals surface area contributed by atoms with Crippen LogP contribution in [-0.2, 0) is 0 Å². The lowest BCUT2D eigenvalue weighted by atomic mass is 9.92. The molecule has 0 amide bonds. The van der Waals surface area contributed by atoms with Crippen LogP contribution in [0.3, 0.4) is 0 Å². The molecule has 0 bridgehead atoms. The Hall–Kier alpha value is -3.58. The molecule has 0 aliphatic rings. The first kappa shape index (κ1) is 19.7. The fourth-order valence-corrected chi connectivity index (χ4v) is 2.70. The predicted molar refractivity (Wildman–Crippen MR) is 108 cm³/mol. The minimum absolute atomic E-state index is 0.0773. The number of methoxy groups -OCH3 is 2. The number of nitrogens with zero attached hydrogens (tertiary/aromatic N) is 1. The van der Waals surface area contributed by atoms with Crippen molar-refractivity contribution in [1.82, 2.24) is 0 Å². The lowest BCUT2D eigenvalue weighted by Crippen LogP contribution is -2.05. The SMILES string of the molecule is C=CCC(=C(C#N)C(=O)c1ccc(C=C)cc1)c1ccc(OC)c(OC)c1. The van der Waals surface area contributed by atoms with Crippen LogP contribution in [0.25, 0.3) is 11.6 Å². The van der Waals surface area contributed by atoms with Crippen molar-refractivity contribution in [3.8, 4) is 17.6 Å². The first-order valence-corrected chi connectivity index (χ1v) is 8.33. The zero-order valence-corrected chi connectivity index (χ0v) is 15.5. The Morgan fingerprint density at radius 2 is 1.67 bits per heavy atom. The number of benzene rings is 2. The van der Waals surface area contributed by atoms with Gasteiger partial charge in [0.25, 0.3) is 0 Å². The average molecular weight is 359 g/mol. The second-order valence-corrected chi connectivity index (χ2v) is 5.68. The topological polar surface area (TPSA) is 59.3 Å². The fraction of sp³-hybridized carbons (Fsp3) is 0.130. The van der Waals surface area contributed by atoms with Crippen LogP contribution in [-0.4, -0.2) is 20.0 Å². The number of carbonyl (C=O) groups excluding carboxylic acids is 1. The molecule has 0 unspecified atom stereocenters. The molecule has 2 rings (SSSR count). The molecule has 0 aromatic heterocycles. The first-order chi connectivity index (χ1) is 13.1. The van der Waals surface area contributed by atoms with E-state index in [1.165, 1.54) is 7.11 Å². The van der Waals surface area contributed by atoms with Gasteiger partial charge in [0.2, 0.25) is 5.78 Å². The van der Waals surface area contributed by atoms with Gasteiger partial charge < -0.3 is 9.47 Å². The predicted octanol–water partition coefficient (Wildman–Crippen LogP) is 5.08. The largest absolute Gasteiger partial charge is 0.493 e. The summed E-state index contributed by atoms with van der Waals surface area (Å²) in [6.07, 6.45) is 3.73. The molecule has 0 spiro atoms. The molecule has 0 saturated carbocycles. The van der Waals surface area contributed by atoms with Crippen molar-refractivity contribution in [3.05, 3.63) is 84.0 Å². The summed E-state index contributed by atoms with van der Waals surface area (Å²) >= 11 is 0. The van der Waals surface area contributed by atoms with Crippen LogP contribution in [0.4, 0.5) is 0 Å². The molecule has 136 valence electrons. The molecule has 27 heavy (non-hydrogen) atoms. The summed E-state index contributed by atoms with van der Waals surface area (Å²) in [5.74, 6) is 0.764. The Morgan fingerprint density at radius 3 is 2.19 bits per heavy atom. The highest BCUT2D eigenvalue weighted by molar-refractivity contribution is 6.16. The molecule has 0 radical (unpaired) electrons. The summed E-state index contributed by atoms with van der Waals surface area (Å²) < 4.78 is 10.6. The third-order valence-electron chi connectivity index (χ3n) is 4.13. The number of hydrogen-bond acceptors (Lipinski definition) is 4. The van der Waals surface area contributed by atoms with Gasteiger partial charge in [-0.05, 0) is 35.3 Å². The van der Waals surface area contributed by atoms with Crippen molar-refractivity contribution in [2.24, 2.45) is 0 Å². The van der Waals surface area contributed by atoms with Gasteiger partial charge in [-0.2, -0.15) is 5.26 Å². The fourth-order valence-electron chi connectivity index (χ4n) is 2.70. The summed E-state index contributed by atoms with van der Waals surface area (Å²) in [5.41, 5.74) is 2.72. The molecular weight excluding hydrogens is 338 g/mol. The average Bonchev–Trinajstić information content (AvgIpc) is 2.73. The number of rotatable bonds is 8. The van der Waals surface area contributed by atoms with Crippen molar-refractivity contribution in [1.29, 1.82) is 5.26 Å². The Labute approximate surface area is 159 Å². The summed E-state index contributed by atoms with van der Waals surface area (Å²) in [6, 6.07) is 14.3. The third kappa shape index (κ3) is 4.34. The number of allylic oxidation sites excluding steroid dienone is 3. The maximum atomic E-state index is 12.9. The molecule has 0 fully saturated rings. The molecule has 0 heterocycles. The van der Waals surface area contributed by atoms with Gasteiger partial charge in [0.05, 0.1) is 14.2 Å². The van der Waals surface area contributed by atoms with E-state index in [0.29, 0.717) is 34.6 Å². The van der Waals surface area contributed by atoms with Crippen molar-refractivity contribution < 1.29 is 14.3 Å². The Morgan fingerprint density at radius 1 is 1.04 bits per heavy atom. The maximum absolute atomic E-state index is 12.9. The van der Waals surface area contributed by atoms with Crippen molar-refractivity contribution in [3.63, 3.8) is 0 Å². The highest BCUT2D eigenvalue weighted by Crippen LogP contribution is 2.33. The van der Waals surface area contributed by atoms with E-state index in [-0.39, 0.29) is 11.4 Å². The highest BCUT2D eigenvalue weighted by atomic mass is 16.5. The quantitative estimate of drug-likeness (QED) is 0.285. The van der Waals surface area contributed by atoms with Gasteiger partial charge in [0.1, 0.15) is 11.6 Å². The number of hydrogen-bond donors (Lipinski definition) is 0. The third-order valence-corrected chi connectivity index (χ3v) is 4.13. The van der Waals surface area contributed by atoms with E-state index in [1.54, 1.807) is 61.7 Å². The van der Waals surface area contributed by atoms with Gasteiger partial charge >= 0.3 is 0 Å². The van der Waals surface area contributed by atoms with Crippen LogP contribution >= 0.6 is 0 Å². The number of ether oxygens (including phenoxy) is 2. The van der Waals surface area contributed by atoms with E-state index in [2.05, 4.69) is 19.2 Å². The number of carbonyl (C=O) groups is 1. The number of ketones is 1. The van der Waals surface area contributed by atoms with Crippen LogP contribution < -0.4 is 9.47 Å². The molecule has 0 aliphatic carbocycles.